The Balaban J connectivity index is 1.84. The van der Waals surface area contributed by atoms with Crippen molar-refractivity contribution in [3.05, 3.63) is 29.3 Å². The highest BCUT2D eigenvalue weighted by molar-refractivity contribution is 7.99. The molecule has 3 heteroatoms. The molecule has 0 bridgehead atoms. The third kappa shape index (κ3) is 3.65. The number of rotatable bonds is 4. The molecule has 1 aliphatic rings. The molecule has 0 aromatic heterocycles. The minimum Gasteiger partial charge on any atom is -0.489 e. The van der Waals surface area contributed by atoms with Crippen LogP contribution in [-0.4, -0.2) is 23.1 Å². The second-order valence-corrected chi connectivity index (χ2v) is 6.59. The van der Waals surface area contributed by atoms with Crippen LogP contribution in [0.25, 0.3) is 0 Å². The van der Waals surface area contributed by atoms with Crippen molar-refractivity contribution in [1.29, 1.82) is 0 Å². The molecule has 0 amide bonds. The number of hydrogen-bond acceptors (Lipinski definition) is 3. The van der Waals surface area contributed by atoms with E-state index in [1.807, 2.05) is 11.8 Å². The van der Waals surface area contributed by atoms with Crippen molar-refractivity contribution in [2.45, 2.75) is 38.8 Å². The van der Waals surface area contributed by atoms with Gasteiger partial charge in [-0.05, 0) is 32.4 Å². The number of benzene rings is 1. The molecule has 0 saturated carbocycles. The lowest BCUT2D eigenvalue weighted by Crippen LogP contribution is -2.35. The normalized spacial score (nSPS) is 18.9. The third-order valence-corrected chi connectivity index (χ3v) is 4.29. The predicted octanol–water partition coefficient (Wildman–Crippen LogP) is 2.77. The van der Waals surface area contributed by atoms with Crippen LogP contribution in [0.3, 0.4) is 0 Å². The first-order valence-electron chi connectivity index (χ1n) is 6.07. The van der Waals surface area contributed by atoms with Gasteiger partial charge in [-0.3, -0.25) is 0 Å². The summed E-state index contributed by atoms with van der Waals surface area (Å²) in [6, 6.07) is 6.42. The van der Waals surface area contributed by atoms with Crippen LogP contribution in [0.5, 0.6) is 5.75 Å². The van der Waals surface area contributed by atoms with Crippen molar-refractivity contribution in [1.82, 2.24) is 0 Å². The van der Waals surface area contributed by atoms with Crippen molar-refractivity contribution < 1.29 is 4.74 Å². The average molecular weight is 251 g/mol. The van der Waals surface area contributed by atoms with E-state index in [1.54, 1.807) is 0 Å². The van der Waals surface area contributed by atoms with Crippen LogP contribution in [0.15, 0.2) is 18.2 Å². The molecule has 2 rings (SSSR count). The van der Waals surface area contributed by atoms with E-state index in [-0.39, 0.29) is 5.54 Å². The van der Waals surface area contributed by atoms with Gasteiger partial charge in [-0.25, -0.2) is 0 Å². The van der Waals surface area contributed by atoms with Crippen LogP contribution in [-0.2, 0) is 6.42 Å². The monoisotopic (exact) mass is 251 g/mol. The molecule has 0 saturated heterocycles. The molecule has 1 aromatic rings. The van der Waals surface area contributed by atoms with E-state index in [0.29, 0.717) is 6.10 Å². The molecule has 17 heavy (non-hydrogen) atoms. The number of ether oxygens (including phenoxy) is 1. The number of thioether (sulfide) groups is 1. The smallest absolute Gasteiger partial charge is 0.123 e. The van der Waals surface area contributed by atoms with Gasteiger partial charge in [-0.2, -0.15) is 11.8 Å². The molecule has 1 aliphatic heterocycles. The lowest BCUT2D eigenvalue weighted by Gasteiger charge is -2.18. The van der Waals surface area contributed by atoms with Crippen LogP contribution >= 0.6 is 11.8 Å². The minimum absolute atomic E-state index is 0.0906. The summed E-state index contributed by atoms with van der Waals surface area (Å²) in [6.07, 6.45) is 1.36. The molecule has 1 atom stereocenters. The van der Waals surface area contributed by atoms with Gasteiger partial charge in [0.05, 0.1) is 0 Å². The zero-order valence-corrected chi connectivity index (χ0v) is 11.6. The zero-order valence-electron chi connectivity index (χ0n) is 10.8. The zero-order chi connectivity index (χ0) is 12.5. The second kappa shape index (κ2) is 4.91. The lowest BCUT2D eigenvalue weighted by atomic mass is 10.1. The van der Waals surface area contributed by atoms with Gasteiger partial charge in [0.1, 0.15) is 11.9 Å². The summed E-state index contributed by atoms with van der Waals surface area (Å²) in [5.74, 6) is 3.06. The van der Waals surface area contributed by atoms with Gasteiger partial charge in [-0.15, -0.1) is 0 Å². The summed E-state index contributed by atoms with van der Waals surface area (Å²) in [7, 11) is 0. The highest BCUT2D eigenvalue weighted by Gasteiger charge is 2.23. The molecule has 0 spiro atoms. The van der Waals surface area contributed by atoms with Crippen LogP contribution in [0.2, 0.25) is 0 Å². The SMILES string of the molecule is Cc1ccc2c(c1)CC(CSCC(C)(C)N)O2. The maximum Gasteiger partial charge on any atom is 0.123 e. The fourth-order valence-electron chi connectivity index (χ4n) is 2.00. The van der Waals surface area contributed by atoms with Crippen LogP contribution < -0.4 is 10.5 Å². The molecule has 1 unspecified atom stereocenters. The maximum atomic E-state index is 5.96. The summed E-state index contributed by atoms with van der Waals surface area (Å²) < 4.78 is 5.92. The van der Waals surface area contributed by atoms with Gasteiger partial charge in [0, 0.05) is 23.5 Å². The van der Waals surface area contributed by atoms with Gasteiger partial charge < -0.3 is 10.5 Å². The van der Waals surface area contributed by atoms with Crippen LogP contribution in [0.1, 0.15) is 25.0 Å². The molecule has 1 heterocycles. The quantitative estimate of drug-likeness (QED) is 0.893. The maximum absolute atomic E-state index is 5.96. The van der Waals surface area contributed by atoms with Gasteiger partial charge in [0.25, 0.3) is 0 Å². The Bertz CT molecular complexity index is 398. The van der Waals surface area contributed by atoms with Gasteiger partial charge in [-0.1, -0.05) is 17.7 Å². The summed E-state index contributed by atoms with van der Waals surface area (Å²) >= 11 is 1.88. The summed E-state index contributed by atoms with van der Waals surface area (Å²) in [6.45, 7) is 6.25. The Morgan fingerprint density at radius 3 is 2.94 bits per heavy atom. The molecular weight excluding hydrogens is 230 g/mol. The van der Waals surface area contributed by atoms with Crippen molar-refractivity contribution in [3.8, 4) is 5.75 Å². The largest absolute Gasteiger partial charge is 0.489 e. The first-order chi connectivity index (χ1) is 7.94. The Morgan fingerprint density at radius 1 is 1.47 bits per heavy atom. The lowest BCUT2D eigenvalue weighted by molar-refractivity contribution is 0.259. The first-order valence-corrected chi connectivity index (χ1v) is 7.22. The predicted molar refractivity (Wildman–Crippen MR) is 74.9 cm³/mol. The number of hydrogen-bond donors (Lipinski definition) is 1. The summed E-state index contributed by atoms with van der Waals surface area (Å²) in [5.41, 5.74) is 8.53. The topological polar surface area (TPSA) is 35.2 Å². The van der Waals surface area contributed by atoms with Gasteiger partial charge >= 0.3 is 0 Å². The molecular formula is C14H21NOS. The number of aryl methyl sites for hydroxylation is 1. The van der Waals surface area contributed by atoms with E-state index in [0.717, 1.165) is 23.7 Å². The van der Waals surface area contributed by atoms with E-state index in [1.165, 1.54) is 11.1 Å². The highest BCUT2D eigenvalue weighted by Crippen LogP contribution is 2.31. The average Bonchev–Trinajstić information content (AvgIpc) is 2.57. The third-order valence-electron chi connectivity index (χ3n) is 2.74. The summed E-state index contributed by atoms with van der Waals surface area (Å²) in [5, 5.41) is 0. The molecule has 94 valence electrons. The van der Waals surface area contributed by atoms with Crippen LogP contribution in [0.4, 0.5) is 0 Å². The van der Waals surface area contributed by atoms with Crippen molar-refractivity contribution in [3.63, 3.8) is 0 Å². The fraction of sp³-hybridized carbons (Fsp3) is 0.571. The Labute approximate surface area is 108 Å². The van der Waals surface area contributed by atoms with E-state index < -0.39 is 0 Å². The molecule has 2 nitrogen and oxygen atoms in total. The van der Waals surface area contributed by atoms with E-state index in [4.69, 9.17) is 10.5 Å². The fourth-order valence-corrected chi connectivity index (χ4v) is 3.09. The summed E-state index contributed by atoms with van der Waals surface area (Å²) in [4.78, 5) is 0. The van der Waals surface area contributed by atoms with Crippen molar-refractivity contribution in [2.24, 2.45) is 5.73 Å². The van der Waals surface area contributed by atoms with Crippen molar-refractivity contribution in [2.75, 3.05) is 11.5 Å². The second-order valence-electron chi connectivity index (χ2n) is 5.56. The Morgan fingerprint density at radius 2 is 2.24 bits per heavy atom. The van der Waals surface area contributed by atoms with Gasteiger partial charge in [0.15, 0.2) is 0 Å². The minimum atomic E-state index is -0.0906. The first kappa shape index (κ1) is 12.8. The van der Waals surface area contributed by atoms with Gasteiger partial charge in [0.2, 0.25) is 0 Å². The molecule has 0 fully saturated rings. The van der Waals surface area contributed by atoms with E-state index in [9.17, 15) is 0 Å². The number of fused-ring (bicyclic) bond motifs is 1. The van der Waals surface area contributed by atoms with Crippen LogP contribution in [0, 0.1) is 6.92 Å². The van der Waals surface area contributed by atoms with E-state index in [2.05, 4.69) is 39.0 Å². The molecule has 1 aromatic carbocycles. The number of nitrogens with two attached hydrogens (primary N) is 1. The standard InChI is InChI=1S/C14H21NOS/c1-10-4-5-13-11(6-10)7-12(16-13)8-17-9-14(2,3)15/h4-6,12H,7-9,15H2,1-3H3. The Kier molecular flexibility index (Phi) is 3.69. The van der Waals surface area contributed by atoms with E-state index >= 15 is 0 Å². The Hall–Kier alpha value is -0.670. The molecule has 0 aliphatic carbocycles. The molecule has 0 radical (unpaired) electrons. The molecule has 2 N–H and O–H groups in total. The van der Waals surface area contributed by atoms with Crippen molar-refractivity contribution >= 4 is 11.8 Å². The highest BCUT2D eigenvalue weighted by atomic mass is 32.2.